The van der Waals surface area contributed by atoms with Crippen LogP contribution in [0.25, 0.3) is 0 Å². The van der Waals surface area contributed by atoms with E-state index in [0.29, 0.717) is 23.2 Å². The molecule has 0 amide bonds. The van der Waals surface area contributed by atoms with Crippen LogP contribution < -0.4 is 10.6 Å². The summed E-state index contributed by atoms with van der Waals surface area (Å²) in [5, 5.41) is 7.31. The van der Waals surface area contributed by atoms with Crippen LogP contribution in [0, 0.1) is 20.8 Å². The Balaban J connectivity index is 1.49. The first-order valence-corrected chi connectivity index (χ1v) is 11.7. The molecular formula is C21H31ClN6S. The lowest BCUT2D eigenvalue weighted by Crippen LogP contribution is -2.43. The van der Waals surface area contributed by atoms with Crippen LogP contribution in [-0.4, -0.2) is 58.3 Å². The molecule has 2 aromatic rings. The number of hydrogen-bond acceptors (Lipinski definition) is 7. The highest BCUT2D eigenvalue weighted by Gasteiger charge is 2.11. The van der Waals surface area contributed by atoms with Crippen LogP contribution in [0.1, 0.15) is 35.6 Å². The third-order valence-corrected chi connectivity index (χ3v) is 6.85. The highest BCUT2D eigenvalue weighted by molar-refractivity contribution is 7.99. The van der Waals surface area contributed by atoms with Crippen molar-refractivity contribution in [3.05, 3.63) is 40.1 Å². The molecule has 158 valence electrons. The van der Waals surface area contributed by atoms with Crippen LogP contribution in [0.5, 0.6) is 0 Å². The first-order chi connectivity index (χ1) is 14.0. The third kappa shape index (κ3) is 6.54. The Kier molecular flexibility index (Phi) is 8.53. The average molecular weight is 435 g/mol. The highest BCUT2D eigenvalue weighted by Crippen LogP contribution is 2.26. The Morgan fingerprint density at radius 3 is 2.76 bits per heavy atom. The zero-order valence-corrected chi connectivity index (χ0v) is 19.2. The molecule has 1 fully saturated rings. The van der Waals surface area contributed by atoms with Gasteiger partial charge in [-0.1, -0.05) is 11.6 Å². The number of aryl methyl sites for hydroxylation is 2. The molecule has 29 heavy (non-hydrogen) atoms. The molecule has 3 heterocycles. The first kappa shape index (κ1) is 22.3. The summed E-state index contributed by atoms with van der Waals surface area (Å²) in [6.07, 6.45) is 4.39. The number of halogens is 1. The van der Waals surface area contributed by atoms with E-state index in [1.54, 1.807) is 0 Å². The van der Waals surface area contributed by atoms with Crippen LogP contribution in [0.15, 0.2) is 17.2 Å². The molecule has 1 aliphatic heterocycles. The van der Waals surface area contributed by atoms with Gasteiger partial charge in [-0.25, -0.2) is 9.97 Å². The maximum atomic E-state index is 6.34. The molecule has 2 aromatic heterocycles. The number of pyridine rings is 1. The van der Waals surface area contributed by atoms with Gasteiger partial charge in [0.2, 0.25) is 0 Å². The molecule has 3 rings (SSSR count). The molecule has 0 aromatic carbocycles. The van der Waals surface area contributed by atoms with Gasteiger partial charge in [0, 0.05) is 37.3 Å². The SMILES string of the molecule is Cc1nc(C)c(Cl)c(NCc2nccc(SCCCCN3CCNCC3)c2C)n1. The molecule has 8 heteroatoms. The maximum absolute atomic E-state index is 6.34. The van der Waals surface area contributed by atoms with Crippen molar-refractivity contribution in [3.63, 3.8) is 0 Å². The zero-order valence-electron chi connectivity index (χ0n) is 17.6. The van der Waals surface area contributed by atoms with E-state index in [4.69, 9.17) is 11.6 Å². The monoisotopic (exact) mass is 434 g/mol. The molecule has 0 aliphatic carbocycles. The van der Waals surface area contributed by atoms with Crippen LogP contribution in [0.4, 0.5) is 5.82 Å². The van der Waals surface area contributed by atoms with Gasteiger partial charge in [-0.2, -0.15) is 0 Å². The van der Waals surface area contributed by atoms with Crippen molar-refractivity contribution in [1.82, 2.24) is 25.2 Å². The third-order valence-electron chi connectivity index (χ3n) is 5.15. The van der Waals surface area contributed by atoms with Crippen molar-refractivity contribution in [2.45, 2.75) is 45.1 Å². The maximum Gasteiger partial charge on any atom is 0.149 e. The Bertz CT molecular complexity index is 810. The second-order valence-electron chi connectivity index (χ2n) is 7.40. The van der Waals surface area contributed by atoms with Gasteiger partial charge in [-0.3, -0.25) is 4.98 Å². The molecule has 0 atom stereocenters. The minimum absolute atomic E-state index is 0.572. The van der Waals surface area contributed by atoms with E-state index in [1.165, 1.54) is 42.9 Å². The van der Waals surface area contributed by atoms with Gasteiger partial charge in [0.05, 0.1) is 17.9 Å². The summed E-state index contributed by atoms with van der Waals surface area (Å²) < 4.78 is 0. The molecule has 0 unspecified atom stereocenters. The fourth-order valence-electron chi connectivity index (χ4n) is 3.43. The minimum Gasteiger partial charge on any atom is -0.363 e. The molecular weight excluding hydrogens is 404 g/mol. The first-order valence-electron chi connectivity index (χ1n) is 10.3. The van der Waals surface area contributed by atoms with Crippen LogP contribution in [-0.2, 0) is 6.54 Å². The lowest BCUT2D eigenvalue weighted by Gasteiger charge is -2.27. The number of aromatic nitrogens is 3. The summed E-state index contributed by atoms with van der Waals surface area (Å²) >= 11 is 8.27. The summed E-state index contributed by atoms with van der Waals surface area (Å²) in [5.74, 6) is 2.52. The van der Waals surface area contributed by atoms with Gasteiger partial charge in [0.1, 0.15) is 16.7 Å². The Labute approximate surface area is 183 Å². The van der Waals surface area contributed by atoms with Gasteiger partial charge < -0.3 is 15.5 Å². The number of hydrogen-bond donors (Lipinski definition) is 2. The number of nitrogens with zero attached hydrogens (tertiary/aromatic N) is 4. The van der Waals surface area contributed by atoms with Crippen molar-refractivity contribution >= 4 is 29.2 Å². The minimum atomic E-state index is 0.572. The molecule has 0 radical (unpaired) electrons. The fraction of sp³-hybridized carbons (Fsp3) is 0.571. The Morgan fingerprint density at radius 1 is 1.17 bits per heavy atom. The number of anilines is 1. The van der Waals surface area contributed by atoms with E-state index in [2.05, 4.69) is 43.5 Å². The van der Waals surface area contributed by atoms with Gasteiger partial charge in [0.25, 0.3) is 0 Å². The molecule has 2 N–H and O–H groups in total. The van der Waals surface area contributed by atoms with E-state index < -0.39 is 0 Å². The van der Waals surface area contributed by atoms with E-state index in [9.17, 15) is 0 Å². The molecule has 1 saturated heterocycles. The van der Waals surface area contributed by atoms with E-state index >= 15 is 0 Å². The van der Waals surface area contributed by atoms with Gasteiger partial charge in [-0.15, -0.1) is 11.8 Å². The van der Waals surface area contributed by atoms with E-state index in [0.717, 1.165) is 30.2 Å². The number of thioether (sulfide) groups is 1. The smallest absolute Gasteiger partial charge is 0.149 e. The molecule has 1 aliphatic rings. The van der Waals surface area contributed by atoms with Crippen LogP contribution in [0.3, 0.4) is 0 Å². The van der Waals surface area contributed by atoms with E-state index in [-0.39, 0.29) is 0 Å². The Hall–Kier alpha value is -1.41. The number of unbranched alkanes of at least 4 members (excludes halogenated alkanes) is 1. The standard InChI is InChI=1S/C21H31ClN6S/c1-15-18(14-25-21-20(22)16(2)26-17(3)27-21)24-7-6-19(15)29-13-5-4-10-28-11-8-23-9-12-28/h6-7,23H,4-5,8-14H2,1-3H3,(H,25,26,27). The van der Waals surface area contributed by atoms with Crippen molar-refractivity contribution in [2.75, 3.05) is 43.8 Å². The fourth-order valence-corrected chi connectivity index (χ4v) is 4.64. The molecule has 0 bridgehead atoms. The second kappa shape index (κ2) is 11.1. The van der Waals surface area contributed by atoms with Crippen LogP contribution in [0.2, 0.25) is 5.02 Å². The van der Waals surface area contributed by atoms with Gasteiger partial charge >= 0.3 is 0 Å². The summed E-state index contributed by atoms with van der Waals surface area (Å²) in [4.78, 5) is 17.1. The summed E-state index contributed by atoms with van der Waals surface area (Å²) in [7, 11) is 0. The summed E-state index contributed by atoms with van der Waals surface area (Å²) in [6, 6.07) is 2.12. The molecule has 6 nitrogen and oxygen atoms in total. The van der Waals surface area contributed by atoms with Crippen molar-refractivity contribution < 1.29 is 0 Å². The Morgan fingerprint density at radius 2 is 1.97 bits per heavy atom. The molecule has 0 spiro atoms. The predicted molar refractivity (Wildman–Crippen MR) is 122 cm³/mol. The lowest BCUT2D eigenvalue weighted by atomic mass is 10.2. The summed E-state index contributed by atoms with van der Waals surface area (Å²) in [5.41, 5.74) is 3.04. The largest absolute Gasteiger partial charge is 0.363 e. The number of rotatable bonds is 9. The van der Waals surface area contributed by atoms with Gasteiger partial charge in [0.15, 0.2) is 0 Å². The van der Waals surface area contributed by atoms with Crippen molar-refractivity contribution in [1.29, 1.82) is 0 Å². The quantitative estimate of drug-likeness (QED) is 0.459. The van der Waals surface area contributed by atoms with Crippen LogP contribution >= 0.6 is 23.4 Å². The molecule has 0 saturated carbocycles. The second-order valence-corrected chi connectivity index (χ2v) is 8.92. The average Bonchev–Trinajstić information content (AvgIpc) is 2.72. The summed E-state index contributed by atoms with van der Waals surface area (Å²) in [6.45, 7) is 12.3. The lowest BCUT2D eigenvalue weighted by molar-refractivity contribution is 0.238. The normalized spacial score (nSPS) is 14.9. The van der Waals surface area contributed by atoms with E-state index in [1.807, 2.05) is 31.8 Å². The number of piperazine rings is 1. The van der Waals surface area contributed by atoms with Crippen molar-refractivity contribution in [3.8, 4) is 0 Å². The van der Waals surface area contributed by atoms with Crippen molar-refractivity contribution in [2.24, 2.45) is 0 Å². The zero-order chi connectivity index (χ0) is 20.6. The topological polar surface area (TPSA) is 66.0 Å². The highest BCUT2D eigenvalue weighted by atomic mass is 35.5. The predicted octanol–water partition coefficient (Wildman–Crippen LogP) is 3.84. The van der Waals surface area contributed by atoms with Gasteiger partial charge in [-0.05, 0) is 57.5 Å². The number of nitrogens with one attached hydrogen (secondary N) is 2.